The molecule has 8 nitrogen and oxygen atoms in total. The van der Waals surface area contributed by atoms with Gasteiger partial charge in [-0.05, 0) is 78.7 Å². The van der Waals surface area contributed by atoms with Crippen molar-refractivity contribution >= 4 is 47.2 Å². The van der Waals surface area contributed by atoms with E-state index in [-0.39, 0.29) is 18.0 Å². The van der Waals surface area contributed by atoms with Gasteiger partial charge in [0.05, 0.1) is 24.9 Å². The lowest BCUT2D eigenvalue weighted by molar-refractivity contribution is 0.0794. The van der Waals surface area contributed by atoms with Gasteiger partial charge in [0.15, 0.2) is 0 Å². The van der Waals surface area contributed by atoms with Gasteiger partial charge in [0, 0.05) is 48.7 Å². The number of halogens is 2. The number of hydrogen-bond acceptors (Lipinski definition) is 5. The molecule has 0 aliphatic carbocycles. The van der Waals surface area contributed by atoms with Gasteiger partial charge in [-0.1, -0.05) is 23.7 Å². The molecule has 0 unspecified atom stereocenters. The number of aliphatic imine (C=N–C) groups is 3. The SMILES string of the molecule is CN=C(N=CC1=Cc2ccc(Cl)cc2C(c2c(F)cccc2OC)=NC1)Nc1ccc(C(=O)N(C)CCCN)cc1. The molecular formula is C31H32ClFN6O2. The predicted molar refractivity (Wildman–Crippen MR) is 165 cm³/mol. The highest BCUT2D eigenvalue weighted by molar-refractivity contribution is 6.31. The molecule has 0 saturated carbocycles. The van der Waals surface area contributed by atoms with Crippen LogP contribution in [0.15, 0.2) is 81.2 Å². The van der Waals surface area contributed by atoms with Crippen molar-refractivity contribution in [2.45, 2.75) is 6.42 Å². The Kier molecular flexibility index (Phi) is 10.00. The minimum Gasteiger partial charge on any atom is -0.496 e. The van der Waals surface area contributed by atoms with Gasteiger partial charge in [0.1, 0.15) is 11.6 Å². The van der Waals surface area contributed by atoms with Crippen molar-refractivity contribution in [2.24, 2.45) is 20.7 Å². The van der Waals surface area contributed by atoms with Crippen LogP contribution in [0.3, 0.4) is 0 Å². The molecule has 4 rings (SSSR count). The number of rotatable bonds is 8. The number of ether oxygens (including phenoxy) is 1. The maximum Gasteiger partial charge on any atom is 0.253 e. The Bertz CT molecular complexity index is 1530. The van der Waals surface area contributed by atoms with E-state index in [4.69, 9.17) is 27.1 Å². The van der Waals surface area contributed by atoms with Crippen LogP contribution in [-0.4, -0.2) is 69.5 Å². The summed E-state index contributed by atoms with van der Waals surface area (Å²) < 4.78 is 20.5. The molecule has 0 saturated heterocycles. The second kappa shape index (κ2) is 13.8. The Morgan fingerprint density at radius 2 is 2.00 bits per heavy atom. The molecule has 1 heterocycles. The number of guanidine groups is 1. The molecular weight excluding hydrogens is 543 g/mol. The fourth-order valence-electron chi connectivity index (χ4n) is 4.32. The van der Waals surface area contributed by atoms with E-state index in [2.05, 4.69) is 15.3 Å². The minimum absolute atomic E-state index is 0.0674. The number of methoxy groups -OCH3 is 1. The van der Waals surface area contributed by atoms with Crippen molar-refractivity contribution in [1.29, 1.82) is 0 Å². The maximum absolute atomic E-state index is 15.0. The third-order valence-corrected chi connectivity index (χ3v) is 6.70. The molecule has 3 aromatic carbocycles. The number of nitrogens with two attached hydrogens (primary N) is 1. The highest BCUT2D eigenvalue weighted by Crippen LogP contribution is 2.30. The quantitative estimate of drug-likeness (QED) is 0.281. The summed E-state index contributed by atoms with van der Waals surface area (Å²) in [6.07, 6.45) is 4.35. The van der Waals surface area contributed by atoms with E-state index in [0.29, 0.717) is 46.7 Å². The zero-order chi connectivity index (χ0) is 29.4. The number of amides is 1. The molecule has 0 aromatic heterocycles. The second-order valence-electron chi connectivity index (χ2n) is 9.31. The van der Waals surface area contributed by atoms with Crippen LogP contribution in [-0.2, 0) is 0 Å². The molecule has 0 fully saturated rings. The van der Waals surface area contributed by atoms with E-state index < -0.39 is 5.82 Å². The van der Waals surface area contributed by atoms with Gasteiger partial charge in [-0.3, -0.25) is 14.8 Å². The minimum atomic E-state index is -0.439. The van der Waals surface area contributed by atoms with Crippen LogP contribution < -0.4 is 15.8 Å². The molecule has 212 valence electrons. The lowest BCUT2D eigenvalue weighted by Gasteiger charge is -2.16. The summed E-state index contributed by atoms with van der Waals surface area (Å²) in [6, 6.07) is 17.2. The zero-order valence-corrected chi connectivity index (χ0v) is 24.0. The molecule has 1 aliphatic heterocycles. The molecule has 0 radical (unpaired) electrons. The Labute approximate surface area is 244 Å². The van der Waals surface area contributed by atoms with E-state index in [0.717, 1.165) is 23.2 Å². The smallest absolute Gasteiger partial charge is 0.253 e. The molecule has 0 spiro atoms. The summed E-state index contributed by atoms with van der Waals surface area (Å²) in [6.45, 7) is 1.38. The van der Waals surface area contributed by atoms with E-state index in [1.54, 1.807) is 73.7 Å². The summed E-state index contributed by atoms with van der Waals surface area (Å²) in [5.74, 6) is 0.241. The zero-order valence-electron chi connectivity index (χ0n) is 23.2. The molecule has 3 aromatic rings. The van der Waals surface area contributed by atoms with Gasteiger partial charge in [-0.15, -0.1) is 0 Å². The number of fused-ring (bicyclic) bond motifs is 1. The monoisotopic (exact) mass is 574 g/mol. The predicted octanol–water partition coefficient (Wildman–Crippen LogP) is 5.31. The van der Waals surface area contributed by atoms with Gasteiger partial charge in [0.2, 0.25) is 5.96 Å². The van der Waals surface area contributed by atoms with Crippen LogP contribution in [0, 0.1) is 5.82 Å². The van der Waals surface area contributed by atoms with Crippen molar-refractivity contribution < 1.29 is 13.9 Å². The van der Waals surface area contributed by atoms with Crippen molar-refractivity contribution in [2.75, 3.05) is 46.2 Å². The maximum atomic E-state index is 15.0. The van der Waals surface area contributed by atoms with Crippen LogP contribution in [0.25, 0.3) is 6.08 Å². The van der Waals surface area contributed by atoms with E-state index in [1.165, 1.54) is 13.2 Å². The van der Waals surface area contributed by atoms with Crippen molar-refractivity contribution in [3.05, 3.63) is 99.3 Å². The Morgan fingerprint density at radius 3 is 2.71 bits per heavy atom. The molecule has 1 amide bonds. The Morgan fingerprint density at radius 1 is 1.22 bits per heavy atom. The molecule has 41 heavy (non-hydrogen) atoms. The third kappa shape index (κ3) is 7.25. The average Bonchev–Trinajstić information content (AvgIpc) is 3.16. The number of benzene rings is 3. The first-order valence-electron chi connectivity index (χ1n) is 13.1. The fourth-order valence-corrected chi connectivity index (χ4v) is 4.49. The number of carbonyl (C=O) groups is 1. The standard InChI is InChI=1S/C31H32ClFN6O2/c1-35-31(38-24-12-9-21(10-13-24)30(40)39(2)15-5-14-34)37-19-20-16-22-8-11-23(32)17-25(22)29(36-18-20)28-26(33)6-4-7-27(28)41-3/h4,6-13,16-17,19H,5,14-15,18,34H2,1-3H3,(H,35,38). The topological polar surface area (TPSA) is 105 Å². The van der Waals surface area contributed by atoms with Gasteiger partial charge in [0.25, 0.3) is 5.91 Å². The first kappa shape index (κ1) is 29.6. The first-order valence-corrected chi connectivity index (χ1v) is 13.4. The van der Waals surface area contributed by atoms with Crippen LogP contribution in [0.5, 0.6) is 5.75 Å². The number of hydrogen-bond donors (Lipinski definition) is 2. The number of nitrogens with zero attached hydrogens (tertiary/aromatic N) is 4. The summed E-state index contributed by atoms with van der Waals surface area (Å²) in [5.41, 5.74) is 9.86. The average molecular weight is 575 g/mol. The largest absolute Gasteiger partial charge is 0.496 e. The van der Waals surface area contributed by atoms with Crippen LogP contribution >= 0.6 is 11.6 Å². The van der Waals surface area contributed by atoms with Gasteiger partial charge < -0.3 is 20.7 Å². The lowest BCUT2D eigenvalue weighted by Crippen LogP contribution is -2.28. The third-order valence-electron chi connectivity index (χ3n) is 6.46. The van der Waals surface area contributed by atoms with Gasteiger partial charge >= 0.3 is 0 Å². The summed E-state index contributed by atoms with van der Waals surface area (Å²) in [5, 5.41) is 3.67. The highest BCUT2D eigenvalue weighted by atomic mass is 35.5. The van der Waals surface area contributed by atoms with Crippen LogP contribution in [0.2, 0.25) is 5.02 Å². The highest BCUT2D eigenvalue weighted by Gasteiger charge is 2.22. The molecule has 1 aliphatic rings. The summed E-state index contributed by atoms with van der Waals surface area (Å²) >= 11 is 6.32. The number of anilines is 1. The molecule has 0 atom stereocenters. The van der Waals surface area contributed by atoms with Crippen LogP contribution in [0.4, 0.5) is 10.1 Å². The van der Waals surface area contributed by atoms with Crippen molar-refractivity contribution in [1.82, 2.24) is 4.90 Å². The van der Waals surface area contributed by atoms with E-state index >= 15 is 4.39 Å². The van der Waals surface area contributed by atoms with Crippen molar-refractivity contribution in [3.63, 3.8) is 0 Å². The molecule has 10 heteroatoms. The fraction of sp³-hybridized carbons (Fsp3) is 0.226. The van der Waals surface area contributed by atoms with E-state index in [9.17, 15) is 4.79 Å². The summed E-state index contributed by atoms with van der Waals surface area (Å²) in [7, 11) is 4.88. The summed E-state index contributed by atoms with van der Waals surface area (Å²) in [4.78, 5) is 27.8. The normalized spacial score (nSPS) is 13.3. The van der Waals surface area contributed by atoms with Gasteiger partial charge in [-0.2, -0.15) is 0 Å². The Balaban J connectivity index is 1.55. The van der Waals surface area contributed by atoms with Crippen LogP contribution in [0.1, 0.15) is 33.5 Å². The number of nitrogens with one attached hydrogen (secondary N) is 1. The van der Waals surface area contributed by atoms with Crippen molar-refractivity contribution in [3.8, 4) is 5.75 Å². The second-order valence-corrected chi connectivity index (χ2v) is 9.75. The first-order chi connectivity index (χ1) is 19.8. The molecule has 3 N–H and O–H groups in total. The molecule has 0 bridgehead atoms. The van der Waals surface area contributed by atoms with E-state index in [1.807, 2.05) is 12.1 Å². The van der Waals surface area contributed by atoms with Gasteiger partial charge in [-0.25, -0.2) is 9.38 Å². The number of carbonyl (C=O) groups excluding carboxylic acids is 1. The Hall–Kier alpha value is -4.34. The lowest BCUT2D eigenvalue weighted by atomic mass is 9.96.